The van der Waals surface area contributed by atoms with Gasteiger partial charge in [-0.25, -0.2) is 0 Å². The Hall–Kier alpha value is -1.44. The summed E-state index contributed by atoms with van der Waals surface area (Å²) in [6.45, 7) is 6.47. The molecule has 4 rings (SSSR count). The normalized spacial score (nSPS) is 37.0. The first-order chi connectivity index (χ1) is 9.92. The van der Waals surface area contributed by atoms with Crippen LogP contribution < -0.4 is 0 Å². The van der Waals surface area contributed by atoms with Crippen LogP contribution >= 0.6 is 0 Å². The molecule has 2 nitrogen and oxygen atoms in total. The Morgan fingerprint density at radius 1 is 1.14 bits per heavy atom. The minimum Gasteiger partial charge on any atom is -0.294 e. The molecule has 110 valence electrons. The highest BCUT2D eigenvalue weighted by molar-refractivity contribution is 6.17. The van der Waals surface area contributed by atoms with Crippen molar-refractivity contribution in [1.82, 2.24) is 0 Å². The highest BCUT2D eigenvalue weighted by atomic mass is 16.1. The minimum atomic E-state index is -0.0545. The summed E-state index contributed by atoms with van der Waals surface area (Å²) in [4.78, 5) is 26.0. The molecule has 21 heavy (non-hydrogen) atoms. The molecular formula is C19H22O2. The van der Waals surface area contributed by atoms with Crippen molar-refractivity contribution in [2.75, 3.05) is 0 Å². The lowest BCUT2D eigenvalue weighted by Gasteiger charge is -2.38. The number of carbonyl (C=O) groups is 2. The second-order valence-corrected chi connectivity index (χ2v) is 7.85. The van der Waals surface area contributed by atoms with Gasteiger partial charge in [-0.15, -0.1) is 0 Å². The largest absolute Gasteiger partial charge is 0.294 e. The molecule has 0 aliphatic heterocycles. The molecule has 1 aromatic carbocycles. The van der Waals surface area contributed by atoms with Crippen LogP contribution in [0.2, 0.25) is 0 Å². The monoisotopic (exact) mass is 282 g/mol. The SMILES string of the molecule is CC(C)c1ccc2c(c1)C(=O)C1C3CCC(C)(C3)C1C2=O. The van der Waals surface area contributed by atoms with E-state index in [2.05, 4.69) is 20.8 Å². The van der Waals surface area contributed by atoms with Crippen LogP contribution in [0.15, 0.2) is 18.2 Å². The third-order valence-corrected chi connectivity index (χ3v) is 6.26. The average Bonchev–Trinajstić information content (AvgIpc) is 2.97. The van der Waals surface area contributed by atoms with Crippen molar-refractivity contribution in [1.29, 1.82) is 0 Å². The maximum Gasteiger partial charge on any atom is 0.167 e. The lowest BCUT2D eigenvalue weighted by Crippen LogP contribution is -2.43. The van der Waals surface area contributed by atoms with E-state index in [0.29, 0.717) is 23.0 Å². The van der Waals surface area contributed by atoms with Crippen molar-refractivity contribution in [3.63, 3.8) is 0 Å². The lowest BCUT2D eigenvalue weighted by atomic mass is 9.62. The van der Waals surface area contributed by atoms with Crippen LogP contribution in [0.25, 0.3) is 0 Å². The summed E-state index contributed by atoms with van der Waals surface area (Å²) in [5.74, 6) is 1.20. The highest BCUT2D eigenvalue weighted by Gasteiger charge is 2.62. The highest BCUT2D eigenvalue weighted by Crippen LogP contribution is 2.63. The fourth-order valence-electron chi connectivity index (χ4n) is 5.14. The lowest BCUT2D eigenvalue weighted by molar-refractivity contribution is 0.0572. The van der Waals surface area contributed by atoms with Crippen LogP contribution in [0.4, 0.5) is 0 Å². The van der Waals surface area contributed by atoms with Crippen molar-refractivity contribution >= 4 is 11.6 Å². The van der Waals surface area contributed by atoms with Crippen LogP contribution in [0.3, 0.4) is 0 Å². The number of carbonyl (C=O) groups excluding carboxylic acids is 2. The molecular weight excluding hydrogens is 260 g/mol. The Morgan fingerprint density at radius 2 is 1.90 bits per heavy atom. The summed E-state index contributed by atoms with van der Waals surface area (Å²) in [6.07, 6.45) is 3.29. The zero-order valence-corrected chi connectivity index (χ0v) is 13.0. The molecule has 2 saturated carbocycles. The zero-order chi connectivity index (χ0) is 14.9. The Balaban J connectivity index is 1.87. The van der Waals surface area contributed by atoms with Gasteiger partial charge >= 0.3 is 0 Å². The van der Waals surface area contributed by atoms with E-state index < -0.39 is 0 Å². The number of Topliss-reactive ketones (excluding diaryl/α,β-unsaturated/α-hetero) is 2. The Bertz CT molecular complexity index is 658. The molecule has 4 atom stereocenters. The molecule has 0 N–H and O–H groups in total. The second kappa shape index (κ2) is 4.06. The van der Waals surface area contributed by atoms with E-state index >= 15 is 0 Å². The molecule has 4 unspecified atom stereocenters. The standard InChI is InChI=1S/C19H22O2/c1-10(2)11-4-5-13-14(8-11)17(20)15-12-6-7-19(3,9-12)16(15)18(13)21/h4-5,8,10,12,15-16H,6-7,9H2,1-3H3. The molecule has 2 fully saturated rings. The smallest absolute Gasteiger partial charge is 0.167 e. The van der Waals surface area contributed by atoms with Crippen LogP contribution in [-0.4, -0.2) is 11.6 Å². The summed E-state index contributed by atoms with van der Waals surface area (Å²) in [5, 5.41) is 0. The maximum atomic E-state index is 13.0. The van der Waals surface area contributed by atoms with Gasteiger partial charge in [0.15, 0.2) is 11.6 Å². The van der Waals surface area contributed by atoms with Crippen molar-refractivity contribution in [2.24, 2.45) is 23.2 Å². The van der Waals surface area contributed by atoms with E-state index in [1.165, 1.54) is 0 Å². The Kier molecular flexibility index (Phi) is 2.56. The van der Waals surface area contributed by atoms with Gasteiger partial charge in [-0.1, -0.05) is 32.9 Å². The van der Waals surface area contributed by atoms with Crippen LogP contribution in [0.1, 0.15) is 72.2 Å². The number of hydrogen-bond donors (Lipinski definition) is 0. The van der Waals surface area contributed by atoms with Crippen molar-refractivity contribution in [2.45, 2.75) is 46.0 Å². The molecule has 0 heterocycles. The minimum absolute atomic E-state index is 0.0360. The fourth-order valence-corrected chi connectivity index (χ4v) is 5.14. The molecule has 0 aromatic heterocycles. The van der Waals surface area contributed by atoms with E-state index in [-0.39, 0.29) is 28.8 Å². The quantitative estimate of drug-likeness (QED) is 0.772. The van der Waals surface area contributed by atoms with Gasteiger partial charge in [-0.05, 0) is 48.1 Å². The average molecular weight is 282 g/mol. The summed E-state index contributed by atoms with van der Waals surface area (Å²) in [7, 11) is 0. The molecule has 0 amide bonds. The molecule has 1 aromatic rings. The summed E-state index contributed by atoms with van der Waals surface area (Å²) in [5.41, 5.74) is 2.60. The van der Waals surface area contributed by atoms with Gasteiger partial charge in [0, 0.05) is 23.0 Å². The van der Waals surface area contributed by atoms with E-state index in [0.717, 1.165) is 24.8 Å². The predicted molar refractivity (Wildman–Crippen MR) is 81.6 cm³/mol. The summed E-state index contributed by atoms with van der Waals surface area (Å²) >= 11 is 0. The summed E-state index contributed by atoms with van der Waals surface area (Å²) < 4.78 is 0. The first-order valence-corrected chi connectivity index (χ1v) is 8.15. The van der Waals surface area contributed by atoms with Crippen molar-refractivity contribution in [3.05, 3.63) is 34.9 Å². The van der Waals surface area contributed by atoms with Gasteiger partial charge in [0.25, 0.3) is 0 Å². The van der Waals surface area contributed by atoms with E-state index in [9.17, 15) is 9.59 Å². The maximum absolute atomic E-state index is 13.0. The topological polar surface area (TPSA) is 34.1 Å². The third kappa shape index (κ3) is 1.59. The molecule has 3 aliphatic rings. The number of benzene rings is 1. The zero-order valence-electron chi connectivity index (χ0n) is 13.0. The third-order valence-electron chi connectivity index (χ3n) is 6.26. The number of fused-ring (bicyclic) bond motifs is 6. The first-order valence-electron chi connectivity index (χ1n) is 8.15. The Morgan fingerprint density at radius 3 is 2.62 bits per heavy atom. The molecule has 2 bridgehead atoms. The fraction of sp³-hybridized carbons (Fsp3) is 0.579. The van der Waals surface area contributed by atoms with Gasteiger partial charge < -0.3 is 0 Å². The molecule has 0 radical (unpaired) electrons. The van der Waals surface area contributed by atoms with Gasteiger partial charge in [0.1, 0.15) is 0 Å². The van der Waals surface area contributed by atoms with Crippen LogP contribution in [0, 0.1) is 23.2 Å². The van der Waals surface area contributed by atoms with Gasteiger partial charge in [-0.2, -0.15) is 0 Å². The van der Waals surface area contributed by atoms with Crippen LogP contribution in [-0.2, 0) is 0 Å². The number of ketones is 2. The van der Waals surface area contributed by atoms with Crippen molar-refractivity contribution in [3.8, 4) is 0 Å². The summed E-state index contributed by atoms with van der Waals surface area (Å²) in [6, 6.07) is 5.89. The van der Waals surface area contributed by atoms with Gasteiger partial charge in [-0.3, -0.25) is 9.59 Å². The second-order valence-electron chi connectivity index (χ2n) is 7.85. The van der Waals surface area contributed by atoms with E-state index in [4.69, 9.17) is 0 Å². The molecule has 0 saturated heterocycles. The molecule has 0 spiro atoms. The van der Waals surface area contributed by atoms with Crippen LogP contribution in [0.5, 0.6) is 0 Å². The number of hydrogen-bond acceptors (Lipinski definition) is 2. The Labute approximate surface area is 125 Å². The van der Waals surface area contributed by atoms with Gasteiger partial charge in [0.05, 0.1) is 0 Å². The molecule has 2 heteroatoms. The molecule has 3 aliphatic carbocycles. The predicted octanol–water partition coefficient (Wildman–Crippen LogP) is 4.24. The first kappa shape index (κ1) is 13.2. The number of rotatable bonds is 1. The van der Waals surface area contributed by atoms with Crippen molar-refractivity contribution < 1.29 is 9.59 Å². The van der Waals surface area contributed by atoms with E-state index in [1.807, 2.05) is 18.2 Å². The van der Waals surface area contributed by atoms with E-state index in [1.54, 1.807) is 0 Å². The van der Waals surface area contributed by atoms with Gasteiger partial charge in [0.2, 0.25) is 0 Å².